The molecule has 0 N–H and O–H groups in total. The van der Waals surface area contributed by atoms with Crippen molar-refractivity contribution >= 4 is 27.2 Å². The number of hydrogen-bond donors (Lipinski definition) is 0. The maximum absolute atomic E-state index is 11.9. The van der Waals surface area contributed by atoms with Crippen molar-refractivity contribution in [3.8, 4) is 0 Å². The predicted octanol–water partition coefficient (Wildman–Crippen LogP) is 1.29. The number of aromatic nitrogens is 1. The Kier molecular flexibility index (Phi) is 2.88. The molecule has 1 aliphatic rings. The average Bonchev–Trinajstić information content (AvgIpc) is 2.69. The molecule has 2 heterocycles. The second kappa shape index (κ2) is 4.02. The van der Waals surface area contributed by atoms with E-state index < -0.39 is 15.1 Å². The van der Waals surface area contributed by atoms with Gasteiger partial charge in [0, 0.05) is 6.20 Å². The summed E-state index contributed by atoms with van der Waals surface area (Å²) in [6.07, 6.45) is 3.47. The van der Waals surface area contributed by atoms with Gasteiger partial charge in [0.1, 0.15) is 5.25 Å². The highest BCUT2D eigenvalue weighted by Crippen LogP contribution is 2.23. The Morgan fingerprint density at radius 2 is 2.27 bits per heavy atom. The lowest BCUT2D eigenvalue weighted by Crippen LogP contribution is -2.35. The van der Waals surface area contributed by atoms with Gasteiger partial charge >= 0.3 is 0 Å². The van der Waals surface area contributed by atoms with Crippen LogP contribution in [0.4, 0.5) is 0 Å². The van der Waals surface area contributed by atoms with Gasteiger partial charge in [-0.05, 0) is 30.4 Å². The molecule has 0 amide bonds. The van der Waals surface area contributed by atoms with Crippen LogP contribution >= 0.6 is 11.5 Å². The number of nitrogens with zero attached hydrogens (tertiary/aromatic N) is 1. The van der Waals surface area contributed by atoms with Crippen molar-refractivity contribution in [1.82, 2.24) is 4.37 Å². The standard InChI is InChI=1S/C9H11NO3S2/c11-9(7-4-5-10-14-7)8-3-1-2-6-15(8,12)13/h4-5,8H,1-3,6H2. The molecule has 4 nitrogen and oxygen atoms in total. The maximum atomic E-state index is 11.9. The number of ketones is 1. The van der Waals surface area contributed by atoms with E-state index in [9.17, 15) is 13.2 Å². The molecule has 15 heavy (non-hydrogen) atoms. The second-order valence-corrected chi connectivity index (χ2v) is 6.73. The van der Waals surface area contributed by atoms with Crippen LogP contribution in [0, 0.1) is 0 Å². The largest absolute Gasteiger partial charge is 0.292 e. The third-order valence-corrected chi connectivity index (χ3v) is 5.49. The Bertz CT molecular complexity index is 450. The molecule has 82 valence electrons. The zero-order valence-corrected chi connectivity index (χ0v) is 9.68. The van der Waals surface area contributed by atoms with Crippen LogP contribution in [0.5, 0.6) is 0 Å². The predicted molar refractivity (Wildman–Crippen MR) is 57.9 cm³/mol. The van der Waals surface area contributed by atoms with E-state index >= 15 is 0 Å². The Labute approximate surface area is 92.4 Å². The van der Waals surface area contributed by atoms with Crippen molar-refractivity contribution in [1.29, 1.82) is 0 Å². The summed E-state index contributed by atoms with van der Waals surface area (Å²) in [5, 5.41) is -0.827. The fourth-order valence-electron chi connectivity index (χ4n) is 1.75. The van der Waals surface area contributed by atoms with Gasteiger partial charge < -0.3 is 0 Å². The molecule has 0 bridgehead atoms. The number of rotatable bonds is 2. The van der Waals surface area contributed by atoms with Crippen LogP contribution in [0.2, 0.25) is 0 Å². The number of sulfone groups is 1. The number of hydrogen-bond acceptors (Lipinski definition) is 5. The molecule has 1 unspecified atom stereocenters. The topological polar surface area (TPSA) is 64.1 Å². The quantitative estimate of drug-likeness (QED) is 0.737. The van der Waals surface area contributed by atoms with E-state index in [1.165, 1.54) is 6.20 Å². The minimum absolute atomic E-state index is 0.141. The molecular weight excluding hydrogens is 234 g/mol. The zero-order valence-electron chi connectivity index (χ0n) is 8.05. The van der Waals surface area contributed by atoms with E-state index in [4.69, 9.17) is 0 Å². The molecular formula is C9H11NO3S2. The number of carbonyl (C=O) groups excluding carboxylic acids is 1. The Hall–Kier alpha value is -0.750. The van der Waals surface area contributed by atoms with Crippen molar-refractivity contribution in [3.63, 3.8) is 0 Å². The molecule has 2 rings (SSSR count). The Morgan fingerprint density at radius 3 is 2.87 bits per heavy atom. The smallest absolute Gasteiger partial charge is 0.192 e. The highest BCUT2D eigenvalue weighted by atomic mass is 32.2. The van der Waals surface area contributed by atoms with E-state index in [-0.39, 0.29) is 11.5 Å². The molecule has 1 aliphatic heterocycles. The van der Waals surface area contributed by atoms with Gasteiger partial charge in [-0.25, -0.2) is 12.8 Å². The van der Waals surface area contributed by atoms with Crippen molar-refractivity contribution in [2.45, 2.75) is 24.5 Å². The molecule has 0 saturated carbocycles. The molecule has 1 aromatic rings. The molecule has 0 aromatic carbocycles. The normalized spacial score (nSPS) is 24.9. The molecule has 0 aliphatic carbocycles. The third-order valence-electron chi connectivity index (χ3n) is 2.55. The summed E-state index contributed by atoms with van der Waals surface area (Å²) in [5.74, 6) is -0.139. The first-order chi connectivity index (χ1) is 7.11. The first kappa shape index (κ1) is 10.8. The highest BCUT2D eigenvalue weighted by Gasteiger charge is 2.35. The molecule has 0 spiro atoms. The van der Waals surface area contributed by atoms with E-state index in [0.717, 1.165) is 18.0 Å². The van der Waals surface area contributed by atoms with Crippen LogP contribution in [-0.4, -0.2) is 29.6 Å². The SMILES string of the molecule is O=C(c1ccns1)C1CCCCS1(=O)=O. The summed E-state index contributed by atoms with van der Waals surface area (Å²) in [6.45, 7) is 0. The van der Waals surface area contributed by atoms with Crippen molar-refractivity contribution < 1.29 is 13.2 Å². The van der Waals surface area contributed by atoms with Gasteiger partial charge in [-0.1, -0.05) is 6.42 Å². The summed E-state index contributed by atoms with van der Waals surface area (Å²) >= 11 is 1.06. The lowest BCUT2D eigenvalue weighted by atomic mass is 10.1. The summed E-state index contributed by atoms with van der Waals surface area (Å²) in [7, 11) is -3.22. The summed E-state index contributed by atoms with van der Waals surface area (Å²) in [5.41, 5.74) is 0. The lowest BCUT2D eigenvalue weighted by molar-refractivity contribution is 0.0985. The van der Waals surface area contributed by atoms with Gasteiger partial charge in [0.25, 0.3) is 0 Å². The monoisotopic (exact) mass is 245 g/mol. The summed E-state index contributed by atoms with van der Waals surface area (Å²) in [6, 6.07) is 1.58. The van der Waals surface area contributed by atoms with E-state index in [1.54, 1.807) is 6.07 Å². The van der Waals surface area contributed by atoms with Gasteiger partial charge in [0.2, 0.25) is 0 Å². The van der Waals surface area contributed by atoms with Gasteiger partial charge in [-0.2, -0.15) is 0 Å². The lowest BCUT2D eigenvalue weighted by Gasteiger charge is -2.20. The van der Waals surface area contributed by atoms with Crippen LogP contribution in [0.15, 0.2) is 12.3 Å². The van der Waals surface area contributed by atoms with Gasteiger partial charge in [-0.3, -0.25) is 4.79 Å². The first-order valence-corrected chi connectivity index (χ1v) is 7.26. The van der Waals surface area contributed by atoms with Crippen molar-refractivity contribution in [2.75, 3.05) is 5.75 Å². The maximum Gasteiger partial charge on any atom is 0.192 e. The average molecular weight is 245 g/mol. The van der Waals surface area contributed by atoms with E-state index in [2.05, 4.69) is 4.37 Å². The fourth-order valence-corrected chi connectivity index (χ4v) is 4.28. The number of Topliss-reactive ketones (excluding diaryl/α,β-unsaturated/α-hetero) is 1. The Balaban J connectivity index is 2.27. The Morgan fingerprint density at radius 1 is 1.47 bits per heavy atom. The van der Waals surface area contributed by atoms with Crippen molar-refractivity contribution in [3.05, 3.63) is 17.1 Å². The van der Waals surface area contributed by atoms with Crippen LogP contribution in [0.25, 0.3) is 0 Å². The summed E-state index contributed by atoms with van der Waals surface area (Å²) in [4.78, 5) is 12.3. The van der Waals surface area contributed by atoms with Crippen LogP contribution in [0.1, 0.15) is 28.9 Å². The second-order valence-electron chi connectivity index (χ2n) is 3.59. The van der Waals surface area contributed by atoms with Gasteiger partial charge in [0.05, 0.1) is 10.6 Å². The van der Waals surface area contributed by atoms with E-state index in [0.29, 0.717) is 17.7 Å². The van der Waals surface area contributed by atoms with Crippen molar-refractivity contribution in [2.24, 2.45) is 0 Å². The van der Waals surface area contributed by atoms with Gasteiger partial charge in [-0.15, -0.1) is 0 Å². The molecule has 1 atom stereocenters. The summed E-state index contributed by atoms with van der Waals surface area (Å²) < 4.78 is 27.2. The zero-order chi connectivity index (χ0) is 10.9. The number of carbonyl (C=O) groups is 1. The van der Waals surface area contributed by atoms with Gasteiger partial charge in [0.15, 0.2) is 15.6 Å². The minimum atomic E-state index is -3.22. The first-order valence-electron chi connectivity index (χ1n) is 4.78. The minimum Gasteiger partial charge on any atom is -0.292 e. The molecule has 6 heteroatoms. The van der Waals surface area contributed by atoms with E-state index in [1.807, 2.05) is 0 Å². The molecule has 1 aromatic heterocycles. The molecule has 1 saturated heterocycles. The van der Waals surface area contributed by atoms with Crippen LogP contribution in [-0.2, 0) is 9.84 Å². The fraction of sp³-hybridized carbons (Fsp3) is 0.556. The molecule has 0 radical (unpaired) electrons. The molecule has 1 fully saturated rings. The third kappa shape index (κ3) is 2.10. The highest BCUT2D eigenvalue weighted by molar-refractivity contribution is 7.92. The van der Waals surface area contributed by atoms with Crippen LogP contribution in [0.3, 0.4) is 0 Å². The van der Waals surface area contributed by atoms with Crippen LogP contribution < -0.4 is 0 Å².